The van der Waals surface area contributed by atoms with Crippen molar-refractivity contribution in [3.8, 4) is 0 Å². The number of nitrogens with zero attached hydrogens (tertiary/aromatic N) is 1. The van der Waals surface area contributed by atoms with Crippen LogP contribution in [0, 0.1) is 11.8 Å². The van der Waals surface area contributed by atoms with Gasteiger partial charge in [0.1, 0.15) is 0 Å². The van der Waals surface area contributed by atoms with Gasteiger partial charge >= 0.3 is 0 Å². The van der Waals surface area contributed by atoms with Crippen LogP contribution < -0.4 is 5.73 Å². The molecule has 0 radical (unpaired) electrons. The molecule has 1 aromatic carbocycles. The second kappa shape index (κ2) is 7.05. The number of carbonyl (C=O) groups excluding carboxylic acids is 1. The molecule has 0 bridgehead atoms. The molecule has 0 saturated carbocycles. The van der Waals surface area contributed by atoms with Crippen LogP contribution in [-0.2, 0) is 9.53 Å². The van der Waals surface area contributed by atoms with Crippen LogP contribution in [0.2, 0.25) is 0 Å². The number of methoxy groups -OCH3 is 1. The van der Waals surface area contributed by atoms with E-state index in [-0.39, 0.29) is 24.0 Å². The summed E-state index contributed by atoms with van der Waals surface area (Å²) in [5.41, 5.74) is 7.27. The maximum atomic E-state index is 12.7. The van der Waals surface area contributed by atoms with Crippen molar-refractivity contribution < 1.29 is 9.53 Å². The van der Waals surface area contributed by atoms with Gasteiger partial charge in [-0.1, -0.05) is 44.2 Å². The van der Waals surface area contributed by atoms with Gasteiger partial charge in [0.15, 0.2) is 0 Å². The molecule has 21 heavy (non-hydrogen) atoms. The van der Waals surface area contributed by atoms with E-state index in [4.69, 9.17) is 10.5 Å². The lowest BCUT2D eigenvalue weighted by Gasteiger charge is -2.38. The third-order valence-electron chi connectivity index (χ3n) is 4.62. The van der Waals surface area contributed by atoms with Crippen LogP contribution in [0.25, 0.3) is 0 Å². The lowest BCUT2D eigenvalue weighted by Crippen LogP contribution is -2.49. The van der Waals surface area contributed by atoms with Crippen LogP contribution >= 0.6 is 0 Å². The maximum Gasteiger partial charge on any atom is 0.227 e. The molecule has 1 aliphatic heterocycles. The van der Waals surface area contributed by atoms with E-state index in [1.807, 2.05) is 42.2 Å². The summed E-state index contributed by atoms with van der Waals surface area (Å²) in [5.74, 6) is 0.399. The molecule has 1 amide bonds. The number of likely N-dealkylation sites (tertiary alicyclic amines) is 1. The van der Waals surface area contributed by atoms with Crippen molar-refractivity contribution in [3.05, 3.63) is 35.9 Å². The van der Waals surface area contributed by atoms with Crippen LogP contribution in [0.3, 0.4) is 0 Å². The van der Waals surface area contributed by atoms with E-state index in [9.17, 15) is 4.79 Å². The Labute approximate surface area is 127 Å². The fraction of sp³-hybridized carbons (Fsp3) is 0.588. The Balaban J connectivity index is 2.02. The summed E-state index contributed by atoms with van der Waals surface area (Å²) in [7, 11) is 1.72. The van der Waals surface area contributed by atoms with Gasteiger partial charge in [0.2, 0.25) is 5.91 Å². The van der Waals surface area contributed by atoms with Crippen LogP contribution in [0.1, 0.15) is 31.9 Å². The van der Waals surface area contributed by atoms with Gasteiger partial charge in [-0.3, -0.25) is 4.79 Å². The van der Waals surface area contributed by atoms with Gasteiger partial charge in [0.05, 0.1) is 12.0 Å². The molecule has 4 unspecified atom stereocenters. The summed E-state index contributed by atoms with van der Waals surface area (Å²) in [5, 5.41) is 0. The number of hydrogen-bond donors (Lipinski definition) is 1. The van der Waals surface area contributed by atoms with Gasteiger partial charge < -0.3 is 15.4 Å². The lowest BCUT2D eigenvalue weighted by molar-refractivity contribution is -0.140. The normalized spacial score (nSPS) is 25.4. The predicted molar refractivity (Wildman–Crippen MR) is 83.7 cm³/mol. The minimum absolute atomic E-state index is 0.125. The summed E-state index contributed by atoms with van der Waals surface area (Å²) in [6.45, 7) is 5.56. The van der Waals surface area contributed by atoms with Crippen LogP contribution in [0.5, 0.6) is 0 Å². The summed E-state index contributed by atoms with van der Waals surface area (Å²) in [6.07, 6.45) is 1.11. The van der Waals surface area contributed by atoms with E-state index < -0.39 is 0 Å². The highest BCUT2D eigenvalue weighted by Crippen LogP contribution is 2.25. The highest BCUT2D eigenvalue weighted by Gasteiger charge is 2.32. The molecule has 1 aromatic rings. The number of carbonyl (C=O) groups is 1. The van der Waals surface area contributed by atoms with Gasteiger partial charge in [-0.25, -0.2) is 0 Å². The first kappa shape index (κ1) is 16.0. The Kier molecular flexibility index (Phi) is 5.37. The quantitative estimate of drug-likeness (QED) is 0.925. The number of hydrogen-bond acceptors (Lipinski definition) is 3. The zero-order valence-electron chi connectivity index (χ0n) is 13.2. The predicted octanol–water partition coefficient (Wildman–Crippen LogP) is 2.21. The van der Waals surface area contributed by atoms with E-state index in [0.717, 1.165) is 18.5 Å². The molecule has 0 aliphatic carbocycles. The highest BCUT2D eigenvalue weighted by molar-refractivity contribution is 5.79. The van der Waals surface area contributed by atoms with E-state index in [1.54, 1.807) is 7.11 Å². The van der Waals surface area contributed by atoms with Crippen molar-refractivity contribution in [2.24, 2.45) is 17.6 Å². The molecule has 1 saturated heterocycles. The number of ether oxygens (including phenoxy) is 1. The Bertz CT molecular complexity index is 463. The van der Waals surface area contributed by atoms with Crippen molar-refractivity contribution >= 4 is 5.91 Å². The standard InChI is InChI=1S/C17H26N2O2/c1-12-9-10-19(11-15(12)21-3)17(20)13(2)16(18)14-7-5-4-6-8-14/h4-8,12-13,15-16H,9-11,18H2,1-3H3. The summed E-state index contributed by atoms with van der Waals surface area (Å²) in [4.78, 5) is 14.6. The van der Waals surface area contributed by atoms with Crippen LogP contribution in [0.4, 0.5) is 0 Å². The first-order chi connectivity index (χ1) is 10.0. The van der Waals surface area contributed by atoms with Gasteiger partial charge in [-0.2, -0.15) is 0 Å². The smallest absolute Gasteiger partial charge is 0.227 e. The summed E-state index contributed by atoms with van der Waals surface area (Å²) < 4.78 is 5.48. The molecule has 0 spiro atoms. The molecule has 116 valence electrons. The largest absolute Gasteiger partial charge is 0.379 e. The third-order valence-corrected chi connectivity index (χ3v) is 4.62. The maximum absolute atomic E-state index is 12.7. The topological polar surface area (TPSA) is 55.6 Å². The average molecular weight is 290 g/mol. The number of amides is 1. The Morgan fingerprint density at radius 1 is 1.38 bits per heavy atom. The van der Waals surface area contributed by atoms with Crippen molar-refractivity contribution in [2.45, 2.75) is 32.4 Å². The number of nitrogens with two attached hydrogens (primary N) is 1. The molecule has 2 N–H and O–H groups in total. The molecule has 4 atom stereocenters. The lowest BCUT2D eigenvalue weighted by atomic mass is 9.91. The van der Waals surface area contributed by atoms with Crippen molar-refractivity contribution in [1.82, 2.24) is 4.90 Å². The summed E-state index contributed by atoms with van der Waals surface area (Å²) in [6, 6.07) is 9.55. The SMILES string of the molecule is COC1CN(C(=O)C(C)C(N)c2ccccc2)CCC1C. The molecule has 4 heteroatoms. The van der Waals surface area contributed by atoms with E-state index in [1.165, 1.54) is 0 Å². The van der Waals surface area contributed by atoms with Crippen molar-refractivity contribution in [3.63, 3.8) is 0 Å². The first-order valence-electron chi connectivity index (χ1n) is 7.66. The minimum atomic E-state index is -0.265. The number of piperidine rings is 1. The van der Waals surface area contributed by atoms with Crippen molar-refractivity contribution in [2.75, 3.05) is 20.2 Å². The Morgan fingerprint density at radius 3 is 2.67 bits per heavy atom. The monoisotopic (exact) mass is 290 g/mol. The van der Waals surface area contributed by atoms with Crippen molar-refractivity contribution in [1.29, 1.82) is 0 Å². The Hall–Kier alpha value is -1.39. The van der Waals surface area contributed by atoms with E-state index >= 15 is 0 Å². The van der Waals surface area contributed by atoms with Crippen LogP contribution in [0.15, 0.2) is 30.3 Å². The molecule has 0 aromatic heterocycles. The van der Waals surface area contributed by atoms with Gasteiger partial charge in [-0.05, 0) is 17.9 Å². The fourth-order valence-electron chi connectivity index (χ4n) is 2.95. The van der Waals surface area contributed by atoms with Gasteiger partial charge in [0, 0.05) is 26.2 Å². The van der Waals surface area contributed by atoms with Gasteiger partial charge in [0.25, 0.3) is 0 Å². The van der Waals surface area contributed by atoms with Crippen LogP contribution in [-0.4, -0.2) is 37.1 Å². The molecule has 2 rings (SSSR count). The zero-order valence-corrected chi connectivity index (χ0v) is 13.2. The zero-order chi connectivity index (χ0) is 15.4. The van der Waals surface area contributed by atoms with E-state index in [2.05, 4.69) is 6.92 Å². The molecule has 1 heterocycles. The molecular formula is C17H26N2O2. The summed E-state index contributed by atoms with van der Waals surface area (Å²) >= 11 is 0. The Morgan fingerprint density at radius 2 is 2.05 bits per heavy atom. The molecular weight excluding hydrogens is 264 g/mol. The minimum Gasteiger partial charge on any atom is -0.379 e. The molecule has 4 nitrogen and oxygen atoms in total. The second-order valence-corrected chi connectivity index (χ2v) is 6.05. The van der Waals surface area contributed by atoms with Gasteiger partial charge in [-0.15, -0.1) is 0 Å². The average Bonchev–Trinajstić information content (AvgIpc) is 2.54. The van der Waals surface area contributed by atoms with E-state index in [0.29, 0.717) is 12.5 Å². The number of rotatable bonds is 4. The molecule has 1 fully saturated rings. The first-order valence-corrected chi connectivity index (χ1v) is 7.66. The second-order valence-electron chi connectivity index (χ2n) is 6.05. The highest BCUT2D eigenvalue weighted by atomic mass is 16.5. The number of benzene rings is 1. The molecule has 1 aliphatic rings. The fourth-order valence-corrected chi connectivity index (χ4v) is 2.95. The third kappa shape index (κ3) is 3.63.